The molecule has 1 aromatic heterocycles. The van der Waals surface area contributed by atoms with Crippen molar-refractivity contribution in [2.75, 3.05) is 13.7 Å². The van der Waals surface area contributed by atoms with E-state index in [-0.39, 0.29) is 18.5 Å². The summed E-state index contributed by atoms with van der Waals surface area (Å²) >= 11 is 0. The van der Waals surface area contributed by atoms with Crippen LogP contribution in [-0.2, 0) is 20.8 Å². The van der Waals surface area contributed by atoms with Crippen molar-refractivity contribution < 1.29 is 23.5 Å². The van der Waals surface area contributed by atoms with Gasteiger partial charge in [-0.1, -0.05) is 30.3 Å². The minimum Gasteiger partial charge on any atom is -0.493 e. The second kappa shape index (κ2) is 11.9. The molecule has 0 aliphatic carbocycles. The van der Waals surface area contributed by atoms with Crippen molar-refractivity contribution in [3.05, 3.63) is 77.3 Å². The molecule has 1 N–H and O–H groups in total. The lowest BCUT2D eigenvalue weighted by atomic mass is 10.1. The smallest absolute Gasteiger partial charge is 0.311 e. The Morgan fingerprint density at radius 3 is 2.52 bits per heavy atom. The molecule has 0 unspecified atom stereocenters. The molecule has 3 rings (SSSR count). The van der Waals surface area contributed by atoms with Gasteiger partial charge in [0.1, 0.15) is 11.5 Å². The molecule has 174 valence electrons. The van der Waals surface area contributed by atoms with E-state index < -0.39 is 0 Å². The van der Waals surface area contributed by atoms with Gasteiger partial charge in [0, 0.05) is 17.7 Å². The Morgan fingerprint density at radius 2 is 1.85 bits per heavy atom. The van der Waals surface area contributed by atoms with Crippen LogP contribution >= 0.6 is 0 Å². The molecule has 1 heterocycles. The maximum atomic E-state index is 11.7. The fourth-order valence-electron chi connectivity index (χ4n) is 3.03. The molecule has 0 aliphatic heterocycles. The molecule has 0 saturated carbocycles. The highest BCUT2D eigenvalue weighted by Gasteiger charge is 2.11. The predicted octanol–water partition coefficient (Wildman–Crippen LogP) is 5.11. The monoisotopic (exact) mass is 450 g/mol. The highest BCUT2D eigenvalue weighted by Crippen LogP contribution is 2.22. The van der Waals surface area contributed by atoms with E-state index in [9.17, 15) is 4.79 Å². The third-order valence-corrected chi connectivity index (χ3v) is 4.73. The number of carbonyl (C=O) groups excluding carboxylic acids is 1. The van der Waals surface area contributed by atoms with Gasteiger partial charge in [0.25, 0.3) is 0 Å². The fourth-order valence-corrected chi connectivity index (χ4v) is 3.03. The molecule has 0 amide bonds. The number of benzene rings is 2. The zero-order valence-electron chi connectivity index (χ0n) is 19.5. The standard InChI is InChI=1S/C26H30N2O5/c1-18(2)33-28-22(17-25(29)30-4)16-20-10-12-23(13-11-20)31-15-14-24-19(3)32-26(27-24)21-8-6-5-7-9-21/h5-13,16,18,28H,14-15,17H2,1-4H3. The topological polar surface area (TPSA) is 82.8 Å². The first kappa shape index (κ1) is 24.1. The van der Waals surface area contributed by atoms with E-state index in [0.717, 1.165) is 28.3 Å². The number of methoxy groups -OCH3 is 1. The third-order valence-electron chi connectivity index (χ3n) is 4.73. The molecule has 33 heavy (non-hydrogen) atoms. The lowest BCUT2D eigenvalue weighted by Gasteiger charge is -2.13. The average molecular weight is 451 g/mol. The molecule has 7 nitrogen and oxygen atoms in total. The van der Waals surface area contributed by atoms with Gasteiger partial charge in [0.15, 0.2) is 0 Å². The van der Waals surface area contributed by atoms with Crippen LogP contribution in [0.5, 0.6) is 5.75 Å². The summed E-state index contributed by atoms with van der Waals surface area (Å²) in [6, 6.07) is 17.4. The lowest BCUT2D eigenvalue weighted by Crippen LogP contribution is -2.21. The summed E-state index contributed by atoms with van der Waals surface area (Å²) in [7, 11) is 1.36. The third kappa shape index (κ3) is 7.50. The Morgan fingerprint density at radius 1 is 1.12 bits per heavy atom. The Kier molecular flexibility index (Phi) is 8.66. The first-order chi connectivity index (χ1) is 15.9. The van der Waals surface area contributed by atoms with E-state index in [1.54, 1.807) is 0 Å². The van der Waals surface area contributed by atoms with Gasteiger partial charge in [-0.25, -0.2) is 4.98 Å². The van der Waals surface area contributed by atoms with Gasteiger partial charge in [-0.15, -0.1) is 0 Å². The van der Waals surface area contributed by atoms with Crippen LogP contribution in [0.2, 0.25) is 0 Å². The number of hydrogen-bond acceptors (Lipinski definition) is 7. The Bertz CT molecular complexity index is 1060. The van der Waals surface area contributed by atoms with E-state index in [1.165, 1.54) is 7.11 Å². The zero-order valence-corrected chi connectivity index (χ0v) is 19.5. The maximum Gasteiger partial charge on any atom is 0.311 e. The van der Waals surface area contributed by atoms with Gasteiger partial charge in [-0.3, -0.25) is 15.1 Å². The molecule has 2 aromatic carbocycles. The number of nitrogens with zero attached hydrogens (tertiary/aromatic N) is 1. The van der Waals surface area contributed by atoms with Crippen molar-refractivity contribution in [3.8, 4) is 17.2 Å². The van der Waals surface area contributed by atoms with Crippen molar-refractivity contribution in [2.45, 2.75) is 39.7 Å². The number of aromatic nitrogens is 1. The molecule has 0 fully saturated rings. The Hall–Kier alpha value is -3.58. The molecule has 7 heteroatoms. The van der Waals surface area contributed by atoms with Crippen LogP contribution < -0.4 is 10.2 Å². The van der Waals surface area contributed by atoms with Crippen LogP contribution in [-0.4, -0.2) is 30.8 Å². The SMILES string of the molecule is COC(=O)CC(=Cc1ccc(OCCc2nc(-c3ccccc3)oc2C)cc1)NOC(C)C. The number of ether oxygens (including phenoxy) is 2. The Balaban J connectivity index is 1.57. The Labute approximate surface area is 194 Å². The molecule has 0 atom stereocenters. The van der Waals surface area contributed by atoms with Gasteiger partial charge in [0.2, 0.25) is 5.89 Å². The number of hydrogen-bond donors (Lipinski definition) is 1. The van der Waals surface area contributed by atoms with E-state index in [1.807, 2.05) is 81.4 Å². The van der Waals surface area contributed by atoms with Crippen LogP contribution in [0.3, 0.4) is 0 Å². The average Bonchev–Trinajstić information content (AvgIpc) is 3.19. The van der Waals surface area contributed by atoms with E-state index >= 15 is 0 Å². The van der Waals surface area contributed by atoms with Gasteiger partial charge in [0.05, 0.1) is 31.9 Å². The highest BCUT2D eigenvalue weighted by molar-refractivity contribution is 5.74. The van der Waals surface area contributed by atoms with Crippen LogP contribution in [0.4, 0.5) is 0 Å². The van der Waals surface area contributed by atoms with Crippen LogP contribution in [0.25, 0.3) is 17.5 Å². The highest BCUT2D eigenvalue weighted by atomic mass is 16.7. The summed E-state index contributed by atoms with van der Waals surface area (Å²) in [5.74, 6) is 1.82. The van der Waals surface area contributed by atoms with E-state index in [2.05, 4.69) is 10.5 Å². The summed E-state index contributed by atoms with van der Waals surface area (Å²) in [5.41, 5.74) is 6.19. The summed E-state index contributed by atoms with van der Waals surface area (Å²) in [5, 5.41) is 0. The molecule has 0 aliphatic rings. The number of esters is 1. The second-order valence-corrected chi connectivity index (χ2v) is 7.75. The number of aryl methyl sites for hydroxylation is 1. The number of rotatable bonds is 11. The fraction of sp³-hybridized carbons (Fsp3) is 0.308. The quantitative estimate of drug-likeness (QED) is 0.321. The molecule has 0 saturated heterocycles. The lowest BCUT2D eigenvalue weighted by molar-refractivity contribution is -0.140. The summed E-state index contributed by atoms with van der Waals surface area (Å²) in [4.78, 5) is 21.7. The zero-order chi connectivity index (χ0) is 23.6. The number of hydroxylamine groups is 1. The van der Waals surface area contributed by atoms with Crippen LogP contribution in [0.1, 0.15) is 37.3 Å². The summed E-state index contributed by atoms with van der Waals surface area (Å²) in [6.07, 6.45) is 2.54. The first-order valence-electron chi connectivity index (χ1n) is 10.9. The maximum absolute atomic E-state index is 11.7. The van der Waals surface area contributed by atoms with Crippen LogP contribution in [0.15, 0.2) is 64.7 Å². The van der Waals surface area contributed by atoms with Gasteiger partial charge >= 0.3 is 5.97 Å². The summed E-state index contributed by atoms with van der Waals surface area (Å²) in [6.45, 7) is 6.20. The minimum absolute atomic E-state index is 0.0288. The van der Waals surface area contributed by atoms with E-state index in [4.69, 9.17) is 18.7 Å². The first-order valence-corrected chi connectivity index (χ1v) is 10.9. The summed E-state index contributed by atoms with van der Waals surface area (Å²) < 4.78 is 16.4. The van der Waals surface area contributed by atoms with Gasteiger partial charge in [-0.05, 0) is 56.7 Å². The molecule has 0 spiro atoms. The predicted molar refractivity (Wildman–Crippen MR) is 126 cm³/mol. The normalized spacial score (nSPS) is 11.5. The van der Waals surface area contributed by atoms with Crippen molar-refractivity contribution in [1.29, 1.82) is 0 Å². The molecular weight excluding hydrogens is 420 g/mol. The second-order valence-electron chi connectivity index (χ2n) is 7.75. The number of nitrogens with one attached hydrogen (secondary N) is 1. The number of carbonyl (C=O) groups is 1. The minimum atomic E-state index is -0.348. The molecule has 3 aromatic rings. The number of oxazole rings is 1. The largest absolute Gasteiger partial charge is 0.493 e. The molecule has 0 bridgehead atoms. The molecular formula is C26H30N2O5. The van der Waals surface area contributed by atoms with Gasteiger partial charge in [-0.2, -0.15) is 0 Å². The van der Waals surface area contributed by atoms with E-state index in [0.29, 0.717) is 24.6 Å². The van der Waals surface area contributed by atoms with Crippen molar-refractivity contribution in [1.82, 2.24) is 10.5 Å². The molecule has 0 radical (unpaired) electrons. The van der Waals surface area contributed by atoms with Crippen molar-refractivity contribution in [3.63, 3.8) is 0 Å². The van der Waals surface area contributed by atoms with Crippen molar-refractivity contribution in [2.24, 2.45) is 0 Å². The van der Waals surface area contributed by atoms with Crippen molar-refractivity contribution >= 4 is 12.0 Å². The van der Waals surface area contributed by atoms with Gasteiger partial charge < -0.3 is 13.9 Å². The van der Waals surface area contributed by atoms with Crippen LogP contribution in [0, 0.1) is 6.92 Å².